The van der Waals surface area contributed by atoms with E-state index in [9.17, 15) is 5.11 Å². The van der Waals surface area contributed by atoms with Gasteiger partial charge in [-0.25, -0.2) is 0 Å². The zero-order valence-electron chi connectivity index (χ0n) is 11.5. The summed E-state index contributed by atoms with van der Waals surface area (Å²) in [5.41, 5.74) is 2.12. The summed E-state index contributed by atoms with van der Waals surface area (Å²) in [5, 5.41) is 10.4. The minimum atomic E-state index is -0.578. The Balaban J connectivity index is 2.90. The molecule has 0 aliphatic carbocycles. The number of hydrogen-bond acceptors (Lipinski definition) is 2. The minimum absolute atomic E-state index is 0.0857. The lowest BCUT2D eigenvalue weighted by Gasteiger charge is -2.33. The van der Waals surface area contributed by atoms with E-state index >= 15 is 0 Å². The lowest BCUT2D eigenvalue weighted by molar-refractivity contribution is -0.0724. The molecule has 2 unspecified atom stereocenters. The van der Waals surface area contributed by atoms with Gasteiger partial charge in [-0.1, -0.05) is 52.0 Å². The van der Waals surface area contributed by atoms with Crippen molar-refractivity contribution in [2.75, 3.05) is 7.11 Å². The minimum Gasteiger partial charge on any atom is -0.386 e. The molecule has 0 spiro atoms. The van der Waals surface area contributed by atoms with Crippen molar-refractivity contribution in [3.05, 3.63) is 35.4 Å². The molecule has 0 saturated heterocycles. The molecular weight excluding hydrogens is 212 g/mol. The SMILES string of the molecule is CCc1ccc(C(O)C(OC)C(C)(C)C)cc1. The van der Waals surface area contributed by atoms with Gasteiger partial charge in [-0.15, -0.1) is 0 Å². The van der Waals surface area contributed by atoms with E-state index in [0.717, 1.165) is 12.0 Å². The molecule has 0 heterocycles. The van der Waals surface area contributed by atoms with E-state index in [1.165, 1.54) is 5.56 Å². The Morgan fingerprint density at radius 3 is 2.06 bits per heavy atom. The fraction of sp³-hybridized carbons (Fsp3) is 0.600. The van der Waals surface area contributed by atoms with Crippen LogP contribution in [0.5, 0.6) is 0 Å². The number of methoxy groups -OCH3 is 1. The number of aryl methyl sites for hydroxylation is 1. The lowest BCUT2D eigenvalue weighted by atomic mass is 9.83. The number of hydrogen-bond donors (Lipinski definition) is 1. The van der Waals surface area contributed by atoms with Crippen molar-refractivity contribution < 1.29 is 9.84 Å². The second-order valence-corrected chi connectivity index (χ2v) is 5.56. The third kappa shape index (κ3) is 3.55. The highest BCUT2D eigenvalue weighted by Gasteiger charge is 2.32. The van der Waals surface area contributed by atoms with Crippen LogP contribution in [-0.4, -0.2) is 18.3 Å². The van der Waals surface area contributed by atoms with Gasteiger partial charge in [0.05, 0.1) is 6.10 Å². The first kappa shape index (κ1) is 14.2. The molecule has 2 heteroatoms. The molecule has 1 N–H and O–H groups in total. The van der Waals surface area contributed by atoms with Crippen molar-refractivity contribution in [1.29, 1.82) is 0 Å². The second kappa shape index (κ2) is 5.65. The first-order valence-corrected chi connectivity index (χ1v) is 6.19. The maximum absolute atomic E-state index is 10.4. The quantitative estimate of drug-likeness (QED) is 0.868. The first-order valence-electron chi connectivity index (χ1n) is 6.19. The third-order valence-corrected chi connectivity index (χ3v) is 3.12. The maximum Gasteiger partial charge on any atom is 0.106 e. The van der Waals surface area contributed by atoms with E-state index in [1.54, 1.807) is 7.11 Å². The summed E-state index contributed by atoms with van der Waals surface area (Å²) in [4.78, 5) is 0. The second-order valence-electron chi connectivity index (χ2n) is 5.56. The highest BCUT2D eigenvalue weighted by atomic mass is 16.5. The number of benzene rings is 1. The summed E-state index contributed by atoms with van der Waals surface area (Å²) in [7, 11) is 1.65. The van der Waals surface area contributed by atoms with Crippen LogP contribution >= 0.6 is 0 Å². The van der Waals surface area contributed by atoms with Crippen molar-refractivity contribution in [2.24, 2.45) is 5.41 Å². The van der Waals surface area contributed by atoms with Gasteiger partial charge in [-0.05, 0) is 23.0 Å². The van der Waals surface area contributed by atoms with E-state index in [1.807, 2.05) is 12.1 Å². The normalized spacial score (nSPS) is 15.6. The molecule has 0 aliphatic heterocycles. The van der Waals surface area contributed by atoms with Gasteiger partial charge in [0.1, 0.15) is 6.10 Å². The van der Waals surface area contributed by atoms with Crippen LogP contribution in [0.2, 0.25) is 0 Å². The first-order chi connectivity index (χ1) is 7.90. The van der Waals surface area contributed by atoms with Crippen LogP contribution in [0.1, 0.15) is 44.9 Å². The molecule has 0 aliphatic rings. The molecule has 1 aromatic rings. The molecule has 2 nitrogen and oxygen atoms in total. The van der Waals surface area contributed by atoms with Gasteiger partial charge in [-0.2, -0.15) is 0 Å². The van der Waals surface area contributed by atoms with Crippen molar-refractivity contribution in [3.63, 3.8) is 0 Å². The van der Waals surface area contributed by atoms with Crippen LogP contribution in [0.4, 0.5) is 0 Å². The van der Waals surface area contributed by atoms with Gasteiger partial charge in [0, 0.05) is 7.11 Å². The number of aliphatic hydroxyl groups is 1. The maximum atomic E-state index is 10.4. The van der Waals surface area contributed by atoms with E-state index in [4.69, 9.17) is 4.74 Å². The highest BCUT2D eigenvalue weighted by molar-refractivity contribution is 5.25. The standard InChI is InChI=1S/C15H24O2/c1-6-11-7-9-12(10-8-11)13(16)14(17-5)15(2,3)4/h7-10,13-14,16H,6H2,1-5H3. The Morgan fingerprint density at radius 1 is 1.18 bits per heavy atom. The van der Waals surface area contributed by atoms with E-state index in [0.29, 0.717) is 0 Å². The molecule has 17 heavy (non-hydrogen) atoms. The molecule has 0 fully saturated rings. The van der Waals surface area contributed by atoms with Crippen molar-refractivity contribution in [3.8, 4) is 0 Å². The predicted molar refractivity (Wildman–Crippen MR) is 71.0 cm³/mol. The van der Waals surface area contributed by atoms with Crippen LogP contribution in [0.15, 0.2) is 24.3 Å². The Labute approximate surface area is 105 Å². The number of rotatable bonds is 4. The number of aliphatic hydroxyl groups excluding tert-OH is 1. The zero-order valence-corrected chi connectivity index (χ0v) is 11.5. The van der Waals surface area contributed by atoms with Gasteiger partial charge >= 0.3 is 0 Å². The Hall–Kier alpha value is -0.860. The van der Waals surface area contributed by atoms with E-state index < -0.39 is 6.10 Å². The van der Waals surface area contributed by atoms with Crippen LogP contribution < -0.4 is 0 Å². The Bertz CT molecular complexity index is 335. The molecule has 2 atom stereocenters. The van der Waals surface area contributed by atoms with E-state index in [-0.39, 0.29) is 11.5 Å². The van der Waals surface area contributed by atoms with Gasteiger partial charge < -0.3 is 9.84 Å². The van der Waals surface area contributed by atoms with Crippen molar-refractivity contribution in [1.82, 2.24) is 0 Å². The topological polar surface area (TPSA) is 29.5 Å². The molecule has 1 rings (SSSR count). The van der Waals surface area contributed by atoms with E-state index in [2.05, 4.69) is 39.8 Å². The summed E-state index contributed by atoms with van der Waals surface area (Å²) in [5.74, 6) is 0. The van der Waals surface area contributed by atoms with Crippen LogP contribution in [0, 0.1) is 5.41 Å². The highest BCUT2D eigenvalue weighted by Crippen LogP contribution is 2.32. The van der Waals surface area contributed by atoms with Gasteiger partial charge in [0.15, 0.2) is 0 Å². The molecule has 0 saturated carbocycles. The van der Waals surface area contributed by atoms with Crippen molar-refractivity contribution >= 4 is 0 Å². The molecule has 0 radical (unpaired) electrons. The van der Waals surface area contributed by atoms with Gasteiger partial charge in [-0.3, -0.25) is 0 Å². The average Bonchev–Trinajstić information content (AvgIpc) is 2.28. The fourth-order valence-corrected chi connectivity index (χ4v) is 2.08. The lowest BCUT2D eigenvalue weighted by Crippen LogP contribution is -2.34. The fourth-order valence-electron chi connectivity index (χ4n) is 2.08. The van der Waals surface area contributed by atoms with Crippen molar-refractivity contribution in [2.45, 2.75) is 46.3 Å². The molecular formula is C15H24O2. The summed E-state index contributed by atoms with van der Waals surface area (Å²) in [6, 6.07) is 8.10. The largest absolute Gasteiger partial charge is 0.386 e. The third-order valence-electron chi connectivity index (χ3n) is 3.12. The summed E-state index contributed by atoms with van der Waals surface area (Å²) in [6.45, 7) is 8.35. The average molecular weight is 236 g/mol. The Kier molecular flexibility index (Phi) is 4.72. The van der Waals surface area contributed by atoms with Crippen LogP contribution in [-0.2, 0) is 11.2 Å². The summed E-state index contributed by atoms with van der Waals surface area (Å²) < 4.78 is 5.44. The predicted octanol–water partition coefficient (Wildman–Crippen LogP) is 3.34. The molecule has 0 bridgehead atoms. The zero-order chi connectivity index (χ0) is 13.1. The summed E-state index contributed by atoms with van der Waals surface area (Å²) >= 11 is 0. The smallest absolute Gasteiger partial charge is 0.106 e. The molecule has 1 aromatic carbocycles. The monoisotopic (exact) mass is 236 g/mol. The number of ether oxygens (including phenoxy) is 1. The summed E-state index contributed by atoms with van der Waals surface area (Å²) in [6.07, 6.45) is 0.240. The molecule has 0 amide bonds. The van der Waals surface area contributed by atoms with Gasteiger partial charge in [0.25, 0.3) is 0 Å². The van der Waals surface area contributed by atoms with Crippen LogP contribution in [0.25, 0.3) is 0 Å². The molecule has 0 aromatic heterocycles. The van der Waals surface area contributed by atoms with Gasteiger partial charge in [0.2, 0.25) is 0 Å². The van der Waals surface area contributed by atoms with Crippen LogP contribution in [0.3, 0.4) is 0 Å². The molecule has 96 valence electrons. The Morgan fingerprint density at radius 2 is 1.71 bits per heavy atom.